The summed E-state index contributed by atoms with van der Waals surface area (Å²) in [6.45, 7) is 4.00. The molecular formula is C13H23N3O3. The summed E-state index contributed by atoms with van der Waals surface area (Å²) in [5.74, 6) is 0.624. The highest BCUT2D eigenvalue weighted by atomic mass is 16.5. The van der Waals surface area contributed by atoms with Crippen LogP contribution in [0.25, 0.3) is 0 Å². The van der Waals surface area contributed by atoms with Crippen molar-refractivity contribution in [1.29, 1.82) is 0 Å². The lowest BCUT2D eigenvalue weighted by Crippen LogP contribution is -2.37. The number of rotatable bonds is 5. The first-order valence-electron chi connectivity index (χ1n) is 6.58. The van der Waals surface area contributed by atoms with Gasteiger partial charge in [-0.2, -0.15) is 5.10 Å². The van der Waals surface area contributed by atoms with E-state index in [1.165, 1.54) is 0 Å². The quantitative estimate of drug-likeness (QED) is 0.841. The fourth-order valence-corrected chi connectivity index (χ4v) is 2.46. The molecule has 1 aromatic heterocycles. The van der Waals surface area contributed by atoms with Crippen molar-refractivity contribution in [1.82, 2.24) is 14.7 Å². The fraction of sp³-hybridized carbons (Fsp3) is 0.769. The van der Waals surface area contributed by atoms with Crippen LogP contribution in [0.4, 0.5) is 0 Å². The third kappa shape index (κ3) is 2.61. The smallest absolute Gasteiger partial charge is 0.163 e. The first-order valence-corrected chi connectivity index (χ1v) is 6.58. The van der Waals surface area contributed by atoms with Crippen LogP contribution < -0.4 is 4.74 Å². The van der Waals surface area contributed by atoms with Crippen molar-refractivity contribution < 1.29 is 14.6 Å². The van der Waals surface area contributed by atoms with Crippen LogP contribution in [-0.4, -0.2) is 60.2 Å². The first kappa shape index (κ1) is 14.3. The molecule has 2 rings (SSSR count). The summed E-state index contributed by atoms with van der Waals surface area (Å²) in [6.07, 6.45) is 1.97. The Hall–Kier alpha value is -1.11. The van der Waals surface area contributed by atoms with E-state index in [-0.39, 0.29) is 6.10 Å². The van der Waals surface area contributed by atoms with Crippen molar-refractivity contribution in [2.45, 2.75) is 31.6 Å². The normalized spacial score (nSPS) is 27.2. The molecule has 6 heteroatoms. The van der Waals surface area contributed by atoms with Gasteiger partial charge in [-0.3, -0.25) is 4.68 Å². The lowest BCUT2D eigenvalue weighted by atomic mass is 9.92. The molecule has 0 saturated carbocycles. The third-order valence-electron chi connectivity index (χ3n) is 3.72. The molecule has 0 radical (unpaired) electrons. The summed E-state index contributed by atoms with van der Waals surface area (Å²) >= 11 is 0. The Balaban J connectivity index is 2.33. The molecule has 1 fully saturated rings. The number of hydrogen-bond acceptors (Lipinski definition) is 5. The Kier molecular flexibility index (Phi) is 4.13. The minimum atomic E-state index is -1.02. The molecule has 2 atom stereocenters. The van der Waals surface area contributed by atoms with Crippen molar-refractivity contribution in [2.24, 2.45) is 0 Å². The van der Waals surface area contributed by atoms with Crippen molar-refractivity contribution >= 4 is 0 Å². The molecule has 0 spiro atoms. The number of aliphatic hydroxyl groups is 1. The van der Waals surface area contributed by atoms with Gasteiger partial charge in [0.25, 0.3) is 0 Å². The molecule has 1 aromatic rings. The van der Waals surface area contributed by atoms with E-state index in [9.17, 15) is 5.11 Å². The van der Waals surface area contributed by atoms with E-state index >= 15 is 0 Å². The van der Waals surface area contributed by atoms with Gasteiger partial charge in [-0.25, -0.2) is 0 Å². The second-order valence-corrected chi connectivity index (χ2v) is 5.28. The van der Waals surface area contributed by atoms with Crippen molar-refractivity contribution in [3.8, 4) is 5.75 Å². The maximum absolute atomic E-state index is 10.9. The zero-order valence-corrected chi connectivity index (χ0v) is 12.1. The maximum Gasteiger partial charge on any atom is 0.163 e. The predicted octanol–water partition coefficient (Wildman–Crippen LogP) is 0.450. The molecule has 2 unspecified atom stereocenters. The van der Waals surface area contributed by atoms with E-state index in [2.05, 4.69) is 10.00 Å². The Morgan fingerprint density at radius 3 is 2.89 bits per heavy atom. The van der Waals surface area contributed by atoms with Crippen molar-refractivity contribution in [2.75, 3.05) is 34.4 Å². The predicted molar refractivity (Wildman–Crippen MR) is 71.3 cm³/mol. The van der Waals surface area contributed by atoms with Crippen LogP contribution in [0, 0.1) is 0 Å². The molecule has 1 aliphatic rings. The van der Waals surface area contributed by atoms with E-state index in [1.807, 2.05) is 25.7 Å². The van der Waals surface area contributed by atoms with E-state index in [0.717, 1.165) is 12.2 Å². The Morgan fingerprint density at radius 2 is 2.37 bits per heavy atom. The van der Waals surface area contributed by atoms with Gasteiger partial charge in [0.15, 0.2) is 5.75 Å². The van der Waals surface area contributed by atoms with Crippen LogP contribution in [0.5, 0.6) is 5.75 Å². The van der Waals surface area contributed by atoms with Gasteiger partial charge in [-0.05, 0) is 21.0 Å². The molecule has 2 heterocycles. The number of aromatic nitrogens is 2. The van der Waals surface area contributed by atoms with Gasteiger partial charge in [0.2, 0.25) is 0 Å². The van der Waals surface area contributed by atoms with Gasteiger partial charge in [-0.15, -0.1) is 0 Å². The van der Waals surface area contributed by atoms with Crippen LogP contribution in [0.15, 0.2) is 6.20 Å². The maximum atomic E-state index is 10.9. The first-order chi connectivity index (χ1) is 8.99. The van der Waals surface area contributed by atoms with Gasteiger partial charge in [0.05, 0.1) is 32.6 Å². The monoisotopic (exact) mass is 269 g/mol. The molecule has 0 bridgehead atoms. The number of nitrogens with zero attached hydrogens (tertiary/aromatic N) is 3. The Labute approximate surface area is 113 Å². The van der Waals surface area contributed by atoms with Gasteiger partial charge < -0.3 is 19.5 Å². The number of hydrogen-bond donors (Lipinski definition) is 1. The van der Waals surface area contributed by atoms with E-state index in [1.54, 1.807) is 13.3 Å². The van der Waals surface area contributed by atoms with Gasteiger partial charge in [0, 0.05) is 13.0 Å². The van der Waals surface area contributed by atoms with E-state index < -0.39 is 5.60 Å². The van der Waals surface area contributed by atoms with Gasteiger partial charge in [-0.1, -0.05) is 0 Å². The zero-order chi connectivity index (χ0) is 14.0. The number of ether oxygens (including phenoxy) is 2. The van der Waals surface area contributed by atoms with E-state index in [4.69, 9.17) is 9.47 Å². The summed E-state index contributed by atoms with van der Waals surface area (Å²) < 4.78 is 12.7. The van der Waals surface area contributed by atoms with Gasteiger partial charge in [0.1, 0.15) is 11.3 Å². The largest absolute Gasteiger partial charge is 0.493 e. The molecule has 0 aromatic carbocycles. The zero-order valence-electron chi connectivity index (χ0n) is 12.1. The highest BCUT2D eigenvalue weighted by molar-refractivity contribution is 5.32. The van der Waals surface area contributed by atoms with Crippen LogP contribution >= 0.6 is 0 Å². The average Bonchev–Trinajstić information content (AvgIpc) is 2.92. The summed E-state index contributed by atoms with van der Waals surface area (Å²) in [5, 5.41) is 15.2. The molecular weight excluding hydrogens is 246 g/mol. The average molecular weight is 269 g/mol. The lowest BCUT2D eigenvalue weighted by molar-refractivity contribution is -0.0393. The highest BCUT2D eigenvalue weighted by Gasteiger charge is 2.45. The summed E-state index contributed by atoms with van der Waals surface area (Å²) in [5.41, 5.74) is -0.296. The molecule has 1 saturated heterocycles. The standard InChI is InChI=1S/C13H23N3O3/c1-10-13(17,5-8-19-10)12-11(18-4)9-14-16(12)7-6-15(2)3/h9-10,17H,5-8H2,1-4H3. The van der Waals surface area contributed by atoms with Crippen LogP contribution in [0.3, 0.4) is 0 Å². The third-order valence-corrected chi connectivity index (χ3v) is 3.72. The molecule has 1 N–H and O–H groups in total. The highest BCUT2D eigenvalue weighted by Crippen LogP contribution is 2.40. The molecule has 1 aliphatic heterocycles. The minimum Gasteiger partial charge on any atom is -0.493 e. The summed E-state index contributed by atoms with van der Waals surface area (Å²) in [4.78, 5) is 2.08. The SMILES string of the molecule is COc1cnn(CCN(C)C)c1C1(O)CCOC1C. The molecule has 0 aliphatic carbocycles. The fourth-order valence-electron chi connectivity index (χ4n) is 2.46. The molecule has 0 amide bonds. The van der Waals surface area contributed by atoms with Gasteiger partial charge >= 0.3 is 0 Å². The number of likely N-dealkylation sites (N-methyl/N-ethyl adjacent to an activating group) is 1. The number of methoxy groups -OCH3 is 1. The topological polar surface area (TPSA) is 59.8 Å². The molecule has 19 heavy (non-hydrogen) atoms. The van der Waals surface area contributed by atoms with Crippen LogP contribution in [0.1, 0.15) is 19.0 Å². The Bertz CT molecular complexity index is 433. The second-order valence-electron chi connectivity index (χ2n) is 5.28. The summed E-state index contributed by atoms with van der Waals surface area (Å²) in [6, 6.07) is 0. The minimum absolute atomic E-state index is 0.254. The van der Waals surface area contributed by atoms with Crippen LogP contribution in [-0.2, 0) is 16.9 Å². The van der Waals surface area contributed by atoms with E-state index in [0.29, 0.717) is 25.3 Å². The van der Waals surface area contributed by atoms with Crippen LogP contribution in [0.2, 0.25) is 0 Å². The lowest BCUT2D eigenvalue weighted by Gasteiger charge is -2.28. The summed E-state index contributed by atoms with van der Waals surface area (Å²) in [7, 11) is 5.62. The molecule has 108 valence electrons. The molecule has 6 nitrogen and oxygen atoms in total. The second kappa shape index (κ2) is 5.48. The van der Waals surface area contributed by atoms with Crippen molar-refractivity contribution in [3.05, 3.63) is 11.9 Å². The van der Waals surface area contributed by atoms with Crippen molar-refractivity contribution in [3.63, 3.8) is 0 Å². The Morgan fingerprint density at radius 1 is 1.63 bits per heavy atom.